The third kappa shape index (κ3) is 3.20. The lowest BCUT2D eigenvalue weighted by atomic mass is 10.2. The molecule has 6 heteroatoms. The number of rotatable bonds is 5. The van der Waals surface area contributed by atoms with Gasteiger partial charge in [0.25, 0.3) is 5.91 Å². The van der Waals surface area contributed by atoms with E-state index in [0.29, 0.717) is 17.5 Å². The first-order chi connectivity index (χ1) is 8.58. The lowest BCUT2D eigenvalue weighted by Gasteiger charge is -2.20. The molecule has 0 aromatic carbocycles. The average Bonchev–Trinajstić information content (AvgIpc) is 3.11. The Balaban J connectivity index is 2.15. The Hall–Kier alpha value is -1.62. The molecule has 1 aromatic heterocycles. The summed E-state index contributed by atoms with van der Waals surface area (Å²) in [6.07, 6.45) is 4.95. The highest BCUT2D eigenvalue weighted by molar-refractivity contribution is 6.33. The molecule has 1 aromatic rings. The van der Waals surface area contributed by atoms with Crippen LogP contribution in [0.15, 0.2) is 18.5 Å². The van der Waals surface area contributed by atoms with Gasteiger partial charge < -0.3 is 10.0 Å². The van der Waals surface area contributed by atoms with Crippen LogP contribution in [0.2, 0.25) is 5.02 Å². The smallest absolute Gasteiger partial charge is 0.323 e. The molecule has 0 bridgehead atoms. The van der Waals surface area contributed by atoms with E-state index >= 15 is 0 Å². The van der Waals surface area contributed by atoms with Gasteiger partial charge in [-0.15, -0.1) is 0 Å². The van der Waals surface area contributed by atoms with Crippen molar-refractivity contribution in [3.05, 3.63) is 29.0 Å². The van der Waals surface area contributed by atoms with Gasteiger partial charge in [0.15, 0.2) is 0 Å². The molecule has 1 heterocycles. The second-order valence-electron chi connectivity index (χ2n) is 4.38. The minimum Gasteiger partial charge on any atom is -0.480 e. The maximum atomic E-state index is 12.2. The van der Waals surface area contributed by atoms with Crippen LogP contribution in [0.25, 0.3) is 0 Å². The van der Waals surface area contributed by atoms with Gasteiger partial charge in [-0.3, -0.25) is 14.6 Å². The van der Waals surface area contributed by atoms with Crippen LogP contribution in [0.3, 0.4) is 0 Å². The molecule has 1 fully saturated rings. The molecule has 2 rings (SSSR count). The van der Waals surface area contributed by atoms with E-state index in [1.165, 1.54) is 23.4 Å². The Kier molecular flexibility index (Phi) is 3.81. The number of aromatic nitrogens is 1. The molecule has 5 nitrogen and oxygen atoms in total. The highest BCUT2D eigenvalue weighted by atomic mass is 35.5. The molecule has 1 amide bonds. The number of nitrogens with zero attached hydrogens (tertiary/aromatic N) is 2. The van der Waals surface area contributed by atoms with Gasteiger partial charge in [-0.05, 0) is 24.8 Å². The van der Waals surface area contributed by atoms with Gasteiger partial charge in [-0.2, -0.15) is 0 Å². The van der Waals surface area contributed by atoms with E-state index in [0.717, 1.165) is 12.8 Å². The molecule has 0 spiro atoms. The standard InChI is InChI=1S/C12H13ClN2O3/c13-10-3-4-14-5-9(10)12(18)15(7-11(16)17)6-8-1-2-8/h3-5,8H,1-2,6-7H2,(H,16,17). The molecule has 0 radical (unpaired) electrons. The summed E-state index contributed by atoms with van der Waals surface area (Å²) >= 11 is 5.92. The van der Waals surface area contributed by atoms with Crippen LogP contribution in [-0.2, 0) is 4.79 Å². The van der Waals surface area contributed by atoms with Gasteiger partial charge in [0.05, 0.1) is 10.6 Å². The van der Waals surface area contributed by atoms with Crippen molar-refractivity contribution in [2.45, 2.75) is 12.8 Å². The fourth-order valence-corrected chi connectivity index (χ4v) is 1.89. The average molecular weight is 269 g/mol. The van der Waals surface area contributed by atoms with Crippen molar-refractivity contribution in [3.8, 4) is 0 Å². The molecule has 0 unspecified atom stereocenters. The molecule has 18 heavy (non-hydrogen) atoms. The zero-order valence-electron chi connectivity index (χ0n) is 9.67. The van der Waals surface area contributed by atoms with Crippen molar-refractivity contribution in [1.29, 1.82) is 0 Å². The van der Waals surface area contributed by atoms with E-state index in [4.69, 9.17) is 16.7 Å². The third-order valence-electron chi connectivity index (χ3n) is 2.79. The molecule has 1 saturated carbocycles. The Labute approximate surface area is 109 Å². The van der Waals surface area contributed by atoms with Crippen LogP contribution in [0.1, 0.15) is 23.2 Å². The first-order valence-electron chi connectivity index (χ1n) is 5.68. The molecular formula is C12H13ClN2O3. The highest BCUT2D eigenvalue weighted by Gasteiger charge is 2.29. The molecule has 96 valence electrons. The van der Waals surface area contributed by atoms with Crippen molar-refractivity contribution in [2.75, 3.05) is 13.1 Å². The van der Waals surface area contributed by atoms with E-state index in [-0.39, 0.29) is 18.0 Å². The number of aliphatic carboxylic acids is 1. The Morgan fingerprint density at radius 2 is 2.22 bits per heavy atom. The minimum absolute atomic E-state index is 0.251. The fraction of sp³-hybridized carbons (Fsp3) is 0.417. The Morgan fingerprint density at radius 3 is 2.78 bits per heavy atom. The highest BCUT2D eigenvalue weighted by Crippen LogP contribution is 2.30. The number of carbonyl (C=O) groups is 2. The van der Waals surface area contributed by atoms with Crippen LogP contribution in [0.5, 0.6) is 0 Å². The summed E-state index contributed by atoms with van der Waals surface area (Å²) < 4.78 is 0. The number of carboxylic acid groups (broad SMARTS) is 1. The van der Waals surface area contributed by atoms with Crippen LogP contribution < -0.4 is 0 Å². The number of hydrogen-bond donors (Lipinski definition) is 1. The first-order valence-corrected chi connectivity index (χ1v) is 6.06. The lowest BCUT2D eigenvalue weighted by Crippen LogP contribution is -2.37. The van der Waals surface area contributed by atoms with Crippen LogP contribution in [0, 0.1) is 5.92 Å². The molecule has 0 saturated heterocycles. The third-order valence-corrected chi connectivity index (χ3v) is 3.12. The summed E-state index contributed by atoms with van der Waals surface area (Å²) in [5.74, 6) is -0.977. The lowest BCUT2D eigenvalue weighted by molar-refractivity contribution is -0.137. The largest absolute Gasteiger partial charge is 0.480 e. The first kappa shape index (κ1) is 12.8. The van der Waals surface area contributed by atoms with Crippen molar-refractivity contribution in [3.63, 3.8) is 0 Å². The SMILES string of the molecule is O=C(O)CN(CC1CC1)C(=O)c1cnccc1Cl. The van der Waals surface area contributed by atoms with Gasteiger partial charge in [-0.1, -0.05) is 11.6 Å². The second kappa shape index (κ2) is 5.35. The fourth-order valence-electron chi connectivity index (χ4n) is 1.70. The van der Waals surface area contributed by atoms with Gasteiger partial charge in [-0.25, -0.2) is 0 Å². The van der Waals surface area contributed by atoms with Crippen molar-refractivity contribution in [2.24, 2.45) is 5.92 Å². The Morgan fingerprint density at radius 1 is 1.50 bits per heavy atom. The van der Waals surface area contributed by atoms with Crippen molar-refractivity contribution >= 4 is 23.5 Å². The van der Waals surface area contributed by atoms with Crippen molar-refractivity contribution in [1.82, 2.24) is 9.88 Å². The zero-order chi connectivity index (χ0) is 13.1. The number of carbonyl (C=O) groups excluding carboxylic acids is 1. The normalized spacial score (nSPS) is 14.3. The van der Waals surface area contributed by atoms with E-state index in [1.807, 2.05) is 0 Å². The molecule has 1 N–H and O–H groups in total. The second-order valence-corrected chi connectivity index (χ2v) is 4.79. The van der Waals surface area contributed by atoms with Gasteiger partial charge >= 0.3 is 5.97 Å². The van der Waals surface area contributed by atoms with Crippen LogP contribution >= 0.6 is 11.6 Å². The maximum absolute atomic E-state index is 12.2. The van der Waals surface area contributed by atoms with Crippen molar-refractivity contribution < 1.29 is 14.7 Å². The van der Waals surface area contributed by atoms with Gasteiger partial charge in [0.1, 0.15) is 6.54 Å². The predicted octanol–water partition coefficient (Wildman–Crippen LogP) is 1.67. The molecular weight excluding hydrogens is 256 g/mol. The number of amides is 1. The summed E-state index contributed by atoms with van der Waals surface area (Å²) in [7, 11) is 0. The summed E-state index contributed by atoms with van der Waals surface area (Å²) in [6, 6.07) is 1.52. The number of halogens is 1. The molecule has 0 atom stereocenters. The summed E-state index contributed by atoms with van der Waals surface area (Å²) in [6.45, 7) is 0.164. The molecule has 1 aliphatic carbocycles. The quantitative estimate of drug-likeness (QED) is 0.882. The van der Waals surface area contributed by atoms with Gasteiger partial charge in [0.2, 0.25) is 0 Å². The summed E-state index contributed by atoms with van der Waals surface area (Å²) in [5, 5.41) is 9.13. The topological polar surface area (TPSA) is 70.5 Å². The van der Waals surface area contributed by atoms with E-state index in [1.54, 1.807) is 0 Å². The van der Waals surface area contributed by atoms with Crippen LogP contribution in [-0.4, -0.2) is 40.0 Å². The number of pyridine rings is 1. The van der Waals surface area contributed by atoms with Crippen LogP contribution in [0.4, 0.5) is 0 Å². The predicted molar refractivity (Wildman–Crippen MR) is 65.5 cm³/mol. The monoisotopic (exact) mass is 268 g/mol. The number of carboxylic acids is 1. The molecule has 1 aliphatic rings. The number of hydrogen-bond acceptors (Lipinski definition) is 3. The summed E-state index contributed by atoms with van der Waals surface area (Å²) in [5.41, 5.74) is 0.251. The van der Waals surface area contributed by atoms with E-state index in [2.05, 4.69) is 4.98 Å². The van der Waals surface area contributed by atoms with Gasteiger partial charge in [0, 0.05) is 18.9 Å². The maximum Gasteiger partial charge on any atom is 0.323 e. The Bertz CT molecular complexity index is 474. The molecule has 0 aliphatic heterocycles. The van der Waals surface area contributed by atoms with E-state index < -0.39 is 5.97 Å². The zero-order valence-corrected chi connectivity index (χ0v) is 10.4. The summed E-state index contributed by atoms with van der Waals surface area (Å²) in [4.78, 5) is 28.2. The minimum atomic E-state index is -1.02. The van der Waals surface area contributed by atoms with E-state index in [9.17, 15) is 9.59 Å².